The predicted molar refractivity (Wildman–Crippen MR) is 321 cm³/mol. The molecular weight excluding hydrogens is 913 g/mol. The van der Waals surface area contributed by atoms with Gasteiger partial charge in [0.05, 0.1) is 0 Å². The molecule has 0 fully saturated rings. The van der Waals surface area contributed by atoms with Gasteiger partial charge in [-0.2, -0.15) is 0 Å². The van der Waals surface area contributed by atoms with Gasteiger partial charge in [0, 0.05) is 19.3 Å². The number of rotatable bonds is 63. The second-order valence-electron chi connectivity index (χ2n) is 23.1. The van der Waals surface area contributed by atoms with Crippen molar-refractivity contribution in [1.82, 2.24) is 0 Å². The van der Waals surface area contributed by atoms with Crippen LogP contribution in [0, 0.1) is 0 Å². The van der Waals surface area contributed by atoms with Gasteiger partial charge in [-0.15, -0.1) is 0 Å². The maximum atomic E-state index is 12.9. The quantitative estimate of drug-likeness (QED) is 0.0261. The highest BCUT2D eigenvalue weighted by Crippen LogP contribution is 2.19. The second-order valence-corrected chi connectivity index (χ2v) is 23.1. The molecular formula is C68H130O6. The third-order valence-electron chi connectivity index (χ3n) is 15.5. The summed E-state index contributed by atoms with van der Waals surface area (Å²) in [5.41, 5.74) is 0. The number of allylic oxidation sites excluding steroid dienone is 2. The van der Waals surface area contributed by atoms with E-state index in [0.29, 0.717) is 19.3 Å². The van der Waals surface area contributed by atoms with Crippen molar-refractivity contribution in [2.45, 2.75) is 393 Å². The van der Waals surface area contributed by atoms with E-state index >= 15 is 0 Å². The van der Waals surface area contributed by atoms with Crippen molar-refractivity contribution < 1.29 is 28.6 Å². The Morgan fingerprint density at radius 2 is 0.446 bits per heavy atom. The summed E-state index contributed by atoms with van der Waals surface area (Å²) >= 11 is 0. The molecule has 6 heteroatoms. The lowest BCUT2D eigenvalue weighted by molar-refractivity contribution is -0.167. The highest BCUT2D eigenvalue weighted by Gasteiger charge is 2.19. The number of hydrogen-bond donors (Lipinski definition) is 0. The van der Waals surface area contributed by atoms with Gasteiger partial charge in [-0.05, 0) is 44.9 Å². The number of carbonyl (C=O) groups excluding carboxylic acids is 3. The van der Waals surface area contributed by atoms with E-state index < -0.39 is 6.10 Å². The zero-order chi connectivity index (χ0) is 53.6. The van der Waals surface area contributed by atoms with E-state index in [9.17, 15) is 14.4 Å². The first kappa shape index (κ1) is 72.2. The second kappa shape index (κ2) is 63.7. The van der Waals surface area contributed by atoms with Crippen LogP contribution in [0.15, 0.2) is 12.2 Å². The molecule has 438 valence electrons. The van der Waals surface area contributed by atoms with Crippen LogP contribution >= 0.6 is 0 Å². The van der Waals surface area contributed by atoms with Crippen LogP contribution in [-0.2, 0) is 28.6 Å². The van der Waals surface area contributed by atoms with Gasteiger partial charge in [0.2, 0.25) is 0 Å². The van der Waals surface area contributed by atoms with E-state index in [4.69, 9.17) is 14.2 Å². The topological polar surface area (TPSA) is 78.9 Å². The third kappa shape index (κ3) is 61.0. The Morgan fingerprint density at radius 1 is 0.257 bits per heavy atom. The molecule has 0 heterocycles. The Kier molecular flexibility index (Phi) is 62.1. The normalized spacial score (nSPS) is 12.0. The van der Waals surface area contributed by atoms with Crippen LogP contribution in [0.4, 0.5) is 0 Å². The van der Waals surface area contributed by atoms with E-state index in [-0.39, 0.29) is 31.1 Å². The summed E-state index contributed by atoms with van der Waals surface area (Å²) in [6, 6.07) is 0. The smallest absolute Gasteiger partial charge is 0.306 e. The molecule has 0 radical (unpaired) electrons. The largest absolute Gasteiger partial charge is 0.462 e. The molecule has 74 heavy (non-hydrogen) atoms. The molecule has 0 aliphatic heterocycles. The van der Waals surface area contributed by atoms with Gasteiger partial charge in [-0.25, -0.2) is 0 Å². The highest BCUT2D eigenvalue weighted by atomic mass is 16.6. The molecule has 0 aliphatic rings. The molecule has 1 unspecified atom stereocenters. The minimum absolute atomic E-state index is 0.0658. The lowest BCUT2D eigenvalue weighted by Gasteiger charge is -2.18. The van der Waals surface area contributed by atoms with Crippen molar-refractivity contribution in [2.24, 2.45) is 0 Å². The van der Waals surface area contributed by atoms with Gasteiger partial charge in [-0.3, -0.25) is 14.4 Å². The third-order valence-corrected chi connectivity index (χ3v) is 15.5. The molecule has 1 atom stereocenters. The van der Waals surface area contributed by atoms with Gasteiger partial charge < -0.3 is 14.2 Å². The first-order valence-electron chi connectivity index (χ1n) is 33.7. The summed E-state index contributed by atoms with van der Waals surface area (Å²) in [6.45, 7) is 6.71. The lowest BCUT2D eigenvalue weighted by atomic mass is 10.0. The summed E-state index contributed by atoms with van der Waals surface area (Å²) in [5.74, 6) is -0.842. The fraction of sp³-hybridized carbons (Fsp3) is 0.926. The highest BCUT2D eigenvalue weighted by molar-refractivity contribution is 5.71. The summed E-state index contributed by atoms with van der Waals surface area (Å²) in [7, 11) is 0. The van der Waals surface area contributed by atoms with Gasteiger partial charge >= 0.3 is 17.9 Å². The van der Waals surface area contributed by atoms with Crippen molar-refractivity contribution >= 4 is 17.9 Å². The fourth-order valence-electron chi connectivity index (χ4n) is 10.4. The van der Waals surface area contributed by atoms with E-state index in [0.717, 1.165) is 64.2 Å². The zero-order valence-electron chi connectivity index (χ0n) is 50.4. The molecule has 0 saturated carbocycles. The molecule has 0 bridgehead atoms. The first-order valence-corrected chi connectivity index (χ1v) is 33.7. The minimum atomic E-state index is -0.769. The van der Waals surface area contributed by atoms with Crippen molar-refractivity contribution in [1.29, 1.82) is 0 Å². The van der Waals surface area contributed by atoms with Gasteiger partial charge in [0.25, 0.3) is 0 Å². The van der Waals surface area contributed by atoms with E-state index in [1.165, 1.54) is 283 Å². The number of esters is 3. The molecule has 0 spiro atoms. The Hall–Kier alpha value is -1.85. The molecule has 6 nitrogen and oxygen atoms in total. The van der Waals surface area contributed by atoms with Crippen LogP contribution in [0.5, 0.6) is 0 Å². The SMILES string of the molecule is CCCCCCCC/C=C\CCCCCCCC(=O)OCC(COC(=O)CCCCCCCCCCCCCCCCCCCCCCCCCCC)OC(=O)CCCCCCCCCCCCCCCCCC. The predicted octanol–water partition coefficient (Wildman–Crippen LogP) is 22.8. The molecule has 0 N–H and O–H groups in total. The summed E-state index contributed by atoms with van der Waals surface area (Å²) in [5, 5.41) is 0. The number of hydrogen-bond acceptors (Lipinski definition) is 6. The average molecular weight is 1040 g/mol. The maximum absolute atomic E-state index is 12.9. The van der Waals surface area contributed by atoms with Crippen molar-refractivity contribution in [3.8, 4) is 0 Å². The Bertz CT molecular complexity index is 1150. The van der Waals surface area contributed by atoms with E-state index in [1.54, 1.807) is 0 Å². The number of ether oxygens (including phenoxy) is 3. The monoisotopic (exact) mass is 1040 g/mol. The van der Waals surface area contributed by atoms with Gasteiger partial charge in [0.1, 0.15) is 13.2 Å². The molecule has 0 aromatic rings. The zero-order valence-corrected chi connectivity index (χ0v) is 50.4. The number of carbonyl (C=O) groups is 3. The van der Waals surface area contributed by atoms with Crippen LogP contribution in [0.25, 0.3) is 0 Å². The van der Waals surface area contributed by atoms with Gasteiger partial charge in [-0.1, -0.05) is 335 Å². The molecule has 0 aromatic carbocycles. The van der Waals surface area contributed by atoms with Crippen LogP contribution in [-0.4, -0.2) is 37.2 Å². The molecule has 0 saturated heterocycles. The van der Waals surface area contributed by atoms with Crippen LogP contribution in [0.2, 0.25) is 0 Å². The Labute approximate surface area is 462 Å². The lowest BCUT2D eigenvalue weighted by Crippen LogP contribution is -2.30. The van der Waals surface area contributed by atoms with Crippen molar-refractivity contribution in [3.63, 3.8) is 0 Å². The summed E-state index contributed by atoms with van der Waals surface area (Å²) in [6.07, 6.45) is 75.2. The van der Waals surface area contributed by atoms with E-state index in [2.05, 4.69) is 32.9 Å². The van der Waals surface area contributed by atoms with Crippen molar-refractivity contribution in [2.75, 3.05) is 13.2 Å². The van der Waals surface area contributed by atoms with Crippen LogP contribution in [0.3, 0.4) is 0 Å². The first-order chi connectivity index (χ1) is 36.5. The minimum Gasteiger partial charge on any atom is -0.462 e. The number of unbranched alkanes of at least 4 members (excludes halogenated alkanes) is 50. The summed E-state index contributed by atoms with van der Waals surface area (Å²) < 4.78 is 17.0. The maximum Gasteiger partial charge on any atom is 0.306 e. The Morgan fingerprint density at radius 3 is 0.676 bits per heavy atom. The van der Waals surface area contributed by atoms with Crippen LogP contribution < -0.4 is 0 Å². The molecule has 0 rings (SSSR count). The molecule has 0 aliphatic carbocycles. The van der Waals surface area contributed by atoms with Crippen molar-refractivity contribution in [3.05, 3.63) is 12.2 Å². The molecule has 0 aromatic heterocycles. The average Bonchev–Trinajstić information content (AvgIpc) is 3.40. The molecule has 0 amide bonds. The van der Waals surface area contributed by atoms with Crippen LogP contribution in [0.1, 0.15) is 387 Å². The summed E-state index contributed by atoms with van der Waals surface area (Å²) in [4.78, 5) is 38.3. The fourth-order valence-corrected chi connectivity index (χ4v) is 10.4. The Balaban J connectivity index is 4.22. The standard InChI is InChI=1S/C68H130O6/c1-4-7-10-13-16-19-22-25-28-30-31-32-33-34-35-36-37-38-41-43-46-49-52-55-58-61-67(70)73-64-65(63-72-66(69)60-57-54-51-48-45-42-39-27-24-21-18-15-12-9-6-3)74-68(71)62-59-56-53-50-47-44-40-29-26-23-20-17-14-11-8-5-2/h27,39,65H,4-26,28-38,40-64H2,1-3H3/b39-27-. The van der Waals surface area contributed by atoms with Gasteiger partial charge in [0.15, 0.2) is 6.10 Å². The van der Waals surface area contributed by atoms with E-state index in [1.807, 2.05) is 0 Å².